The van der Waals surface area contributed by atoms with Crippen LogP contribution in [0.25, 0.3) is 11.0 Å². The Kier molecular flexibility index (Phi) is 4.02. The minimum absolute atomic E-state index is 0.0675. The molecule has 4 aromatic rings. The Morgan fingerprint density at radius 1 is 1.23 bits per heavy atom. The highest BCUT2D eigenvalue weighted by Gasteiger charge is 2.15. The number of tetrazole rings is 1. The van der Waals surface area contributed by atoms with Crippen molar-refractivity contribution in [3.05, 3.63) is 65.6 Å². The van der Waals surface area contributed by atoms with Crippen LogP contribution in [0.2, 0.25) is 0 Å². The molecular weight excluding hydrogens is 336 g/mol. The molecule has 0 atom stereocenters. The van der Waals surface area contributed by atoms with Crippen molar-refractivity contribution in [3.8, 4) is 5.75 Å². The molecule has 4 rings (SSSR count). The van der Waals surface area contributed by atoms with Gasteiger partial charge in [0.15, 0.2) is 17.9 Å². The second-order valence-corrected chi connectivity index (χ2v) is 5.52. The Labute approximate surface area is 147 Å². The molecule has 130 valence electrons. The van der Waals surface area contributed by atoms with E-state index in [-0.39, 0.29) is 12.4 Å². The molecule has 2 aromatic heterocycles. The number of aromatic hydroxyl groups is 1. The van der Waals surface area contributed by atoms with Crippen LogP contribution in [0.15, 0.2) is 58.2 Å². The molecule has 0 spiro atoms. The van der Waals surface area contributed by atoms with Crippen molar-refractivity contribution in [2.75, 3.05) is 0 Å². The number of phenolic OH excluding ortho intramolecular Hbond substituents is 1. The third kappa shape index (κ3) is 2.97. The van der Waals surface area contributed by atoms with Crippen LogP contribution in [-0.2, 0) is 18.5 Å². The molecule has 0 amide bonds. The summed E-state index contributed by atoms with van der Waals surface area (Å²) >= 11 is 0. The van der Waals surface area contributed by atoms with Gasteiger partial charge in [-0.15, -0.1) is 5.10 Å². The van der Waals surface area contributed by atoms with Gasteiger partial charge in [-0.25, -0.2) is 4.68 Å². The molecule has 9 nitrogen and oxygen atoms in total. The lowest BCUT2D eigenvalue weighted by molar-refractivity contribution is 0.126. The van der Waals surface area contributed by atoms with Gasteiger partial charge in [0.05, 0.1) is 5.39 Å². The van der Waals surface area contributed by atoms with Crippen LogP contribution in [0.4, 0.5) is 0 Å². The molecule has 0 bridgehead atoms. The molecular formula is C17H14N6O3. The molecule has 0 fully saturated rings. The van der Waals surface area contributed by atoms with Crippen molar-refractivity contribution in [1.29, 1.82) is 0 Å². The third-order valence-electron chi connectivity index (χ3n) is 3.76. The number of phenols is 1. The van der Waals surface area contributed by atoms with Gasteiger partial charge in [0.25, 0.3) is 0 Å². The zero-order valence-corrected chi connectivity index (χ0v) is 13.8. The summed E-state index contributed by atoms with van der Waals surface area (Å²) in [6.07, 6.45) is 0. The molecule has 0 radical (unpaired) electrons. The highest BCUT2D eigenvalue weighted by atomic mass is 16.6. The minimum Gasteiger partial charge on any atom is -0.508 e. The van der Waals surface area contributed by atoms with Crippen molar-refractivity contribution < 1.29 is 14.5 Å². The van der Waals surface area contributed by atoms with Crippen molar-refractivity contribution in [1.82, 2.24) is 25.4 Å². The lowest BCUT2D eigenvalue weighted by Gasteiger charge is -2.05. The fraction of sp³-hybridized carbons (Fsp3) is 0.118. The van der Waals surface area contributed by atoms with E-state index in [4.69, 9.17) is 9.36 Å². The third-order valence-corrected chi connectivity index (χ3v) is 3.76. The van der Waals surface area contributed by atoms with Gasteiger partial charge in [-0.2, -0.15) is 0 Å². The number of oxime groups is 1. The Hall–Kier alpha value is -3.75. The van der Waals surface area contributed by atoms with E-state index in [1.807, 2.05) is 30.3 Å². The Bertz CT molecular complexity index is 1070. The van der Waals surface area contributed by atoms with Crippen molar-refractivity contribution in [2.45, 2.75) is 6.61 Å². The average Bonchev–Trinajstić information content (AvgIpc) is 3.26. The van der Waals surface area contributed by atoms with E-state index in [2.05, 4.69) is 25.8 Å². The molecule has 0 unspecified atom stereocenters. The fourth-order valence-electron chi connectivity index (χ4n) is 2.49. The van der Waals surface area contributed by atoms with E-state index >= 15 is 0 Å². The SMILES string of the molecule is Cn1nnnc1/C(=N\OCc1noc2ccc(O)cc12)c1ccccc1. The first-order valence-electron chi connectivity index (χ1n) is 7.78. The van der Waals surface area contributed by atoms with E-state index in [0.717, 1.165) is 5.56 Å². The van der Waals surface area contributed by atoms with Crippen molar-refractivity contribution >= 4 is 16.7 Å². The Morgan fingerprint density at radius 2 is 2.08 bits per heavy atom. The maximum absolute atomic E-state index is 9.63. The number of benzene rings is 2. The molecule has 0 aliphatic carbocycles. The minimum atomic E-state index is 0.0675. The molecule has 2 heterocycles. The molecule has 0 saturated heterocycles. The summed E-state index contributed by atoms with van der Waals surface area (Å²) in [5, 5.41) is 29.9. The van der Waals surface area contributed by atoms with Crippen LogP contribution >= 0.6 is 0 Å². The van der Waals surface area contributed by atoms with E-state index in [1.54, 1.807) is 19.2 Å². The number of aryl methyl sites for hydroxylation is 1. The van der Waals surface area contributed by atoms with Crippen LogP contribution in [0.3, 0.4) is 0 Å². The van der Waals surface area contributed by atoms with Gasteiger partial charge in [-0.1, -0.05) is 40.6 Å². The molecule has 0 aliphatic heterocycles. The maximum atomic E-state index is 9.63. The highest BCUT2D eigenvalue weighted by molar-refractivity contribution is 6.10. The van der Waals surface area contributed by atoms with Gasteiger partial charge in [-0.05, 0) is 28.6 Å². The summed E-state index contributed by atoms with van der Waals surface area (Å²) in [4.78, 5) is 5.50. The Morgan fingerprint density at radius 3 is 2.85 bits per heavy atom. The zero-order chi connectivity index (χ0) is 17.9. The van der Waals surface area contributed by atoms with Gasteiger partial charge in [0, 0.05) is 12.6 Å². The predicted octanol–water partition coefficient (Wildman–Crippen LogP) is 2.03. The van der Waals surface area contributed by atoms with Gasteiger partial charge in [0.2, 0.25) is 5.82 Å². The van der Waals surface area contributed by atoms with Gasteiger partial charge in [-0.3, -0.25) is 0 Å². The van der Waals surface area contributed by atoms with Crippen molar-refractivity contribution in [3.63, 3.8) is 0 Å². The first-order chi connectivity index (χ1) is 12.7. The molecule has 2 aromatic carbocycles. The first kappa shape index (κ1) is 15.8. The largest absolute Gasteiger partial charge is 0.508 e. The fourth-order valence-corrected chi connectivity index (χ4v) is 2.49. The Balaban J connectivity index is 1.63. The number of hydrogen-bond donors (Lipinski definition) is 1. The second-order valence-electron chi connectivity index (χ2n) is 5.52. The summed E-state index contributed by atoms with van der Waals surface area (Å²) in [6.45, 7) is 0.0675. The molecule has 0 saturated carbocycles. The van der Waals surface area contributed by atoms with Crippen molar-refractivity contribution in [2.24, 2.45) is 12.2 Å². The summed E-state index contributed by atoms with van der Waals surface area (Å²) in [6, 6.07) is 14.2. The topological polar surface area (TPSA) is 111 Å². The summed E-state index contributed by atoms with van der Waals surface area (Å²) < 4.78 is 6.72. The number of aromatic nitrogens is 5. The summed E-state index contributed by atoms with van der Waals surface area (Å²) in [5.74, 6) is 0.597. The van der Waals surface area contributed by atoms with Gasteiger partial charge in [0.1, 0.15) is 11.4 Å². The lowest BCUT2D eigenvalue weighted by Crippen LogP contribution is -2.12. The molecule has 0 aliphatic rings. The van der Waals surface area contributed by atoms with Crippen LogP contribution in [0.5, 0.6) is 5.75 Å². The van der Waals surface area contributed by atoms with Crippen LogP contribution < -0.4 is 0 Å². The quantitative estimate of drug-likeness (QED) is 0.433. The van der Waals surface area contributed by atoms with E-state index in [1.165, 1.54) is 10.7 Å². The molecule has 26 heavy (non-hydrogen) atoms. The van der Waals surface area contributed by atoms with Gasteiger partial charge >= 0.3 is 0 Å². The smallest absolute Gasteiger partial charge is 0.204 e. The van der Waals surface area contributed by atoms with Crippen LogP contribution in [0.1, 0.15) is 17.1 Å². The summed E-state index contributed by atoms with van der Waals surface area (Å²) in [5.41, 5.74) is 2.40. The van der Waals surface area contributed by atoms with E-state index in [0.29, 0.717) is 28.2 Å². The lowest BCUT2D eigenvalue weighted by atomic mass is 10.1. The predicted molar refractivity (Wildman–Crippen MR) is 91.3 cm³/mol. The number of nitrogens with zero attached hydrogens (tertiary/aromatic N) is 6. The van der Waals surface area contributed by atoms with E-state index < -0.39 is 0 Å². The van der Waals surface area contributed by atoms with Gasteiger partial charge < -0.3 is 14.5 Å². The number of rotatable bonds is 5. The standard InChI is InChI=1S/C17H14N6O3/c1-23-17(18-21-22-23)16(11-5-3-2-4-6-11)20-25-10-14-13-9-12(24)7-8-15(13)26-19-14/h2-9,24H,10H2,1H3/b20-16-. The number of hydrogen-bond acceptors (Lipinski definition) is 8. The normalized spacial score (nSPS) is 11.8. The number of fused-ring (bicyclic) bond motifs is 1. The first-order valence-corrected chi connectivity index (χ1v) is 7.78. The summed E-state index contributed by atoms with van der Waals surface area (Å²) in [7, 11) is 1.72. The maximum Gasteiger partial charge on any atom is 0.204 e. The van der Waals surface area contributed by atoms with Crippen LogP contribution in [0, 0.1) is 0 Å². The highest BCUT2D eigenvalue weighted by Crippen LogP contribution is 2.23. The van der Waals surface area contributed by atoms with E-state index in [9.17, 15) is 5.11 Å². The second kappa shape index (κ2) is 6.63. The monoisotopic (exact) mass is 350 g/mol. The van der Waals surface area contributed by atoms with Crippen LogP contribution in [-0.4, -0.2) is 36.2 Å². The zero-order valence-electron chi connectivity index (χ0n) is 13.8. The molecule has 9 heteroatoms. The molecule has 1 N–H and O–H groups in total. The average molecular weight is 350 g/mol.